The van der Waals surface area contributed by atoms with Crippen LogP contribution in [0.5, 0.6) is 0 Å². The Balaban J connectivity index is 2.12. The Kier molecular flexibility index (Phi) is 3.50. The van der Waals surface area contributed by atoms with Gasteiger partial charge in [0.05, 0.1) is 6.04 Å². The summed E-state index contributed by atoms with van der Waals surface area (Å²) in [5.41, 5.74) is 0. The highest BCUT2D eigenvalue weighted by Gasteiger charge is 2.30. The zero-order valence-electron chi connectivity index (χ0n) is 9.56. The first kappa shape index (κ1) is 11.5. The first-order valence-corrected chi connectivity index (χ1v) is 6.34. The second kappa shape index (κ2) is 4.88. The van der Waals surface area contributed by atoms with Crippen molar-refractivity contribution >= 4 is 22.6 Å². The van der Waals surface area contributed by atoms with Crippen LogP contribution in [-0.2, 0) is 4.79 Å². The van der Waals surface area contributed by atoms with Crippen molar-refractivity contribution in [2.75, 3.05) is 18.0 Å². The van der Waals surface area contributed by atoms with Crippen molar-refractivity contribution < 1.29 is 4.79 Å². The van der Waals surface area contributed by atoms with E-state index in [1.807, 2.05) is 13.8 Å². The lowest BCUT2D eigenvalue weighted by Crippen LogP contribution is -2.50. The summed E-state index contributed by atoms with van der Waals surface area (Å²) in [5, 5.41) is 3.93. The molecule has 88 valence electrons. The molecule has 0 bridgehead atoms. The molecule has 16 heavy (non-hydrogen) atoms. The van der Waals surface area contributed by atoms with Gasteiger partial charge in [-0.3, -0.25) is 9.69 Å². The molecular formula is C10H16N4OS. The quantitative estimate of drug-likeness (QED) is 0.854. The van der Waals surface area contributed by atoms with Crippen LogP contribution in [0.1, 0.15) is 25.6 Å². The maximum absolute atomic E-state index is 12.1. The number of hydrogen-bond acceptors (Lipinski definition) is 5. The zero-order valence-corrected chi connectivity index (χ0v) is 10.4. The van der Waals surface area contributed by atoms with Crippen LogP contribution in [0.2, 0.25) is 0 Å². The van der Waals surface area contributed by atoms with E-state index in [0.29, 0.717) is 0 Å². The lowest BCUT2D eigenvalue weighted by molar-refractivity contribution is -0.121. The molecule has 1 aliphatic rings. The fraction of sp³-hybridized carbons (Fsp3) is 0.700. The third kappa shape index (κ3) is 2.22. The molecule has 1 N–H and O–H groups in total. The minimum Gasteiger partial charge on any atom is -0.306 e. The minimum absolute atomic E-state index is 0.0528. The number of aromatic nitrogens is 2. The molecule has 1 atom stereocenters. The van der Waals surface area contributed by atoms with Crippen LogP contribution in [0, 0.1) is 6.92 Å². The van der Waals surface area contributed by atoms with E-state index in [2.05, 4.69) is 14.7 Å². The van der Waals surface area contributed by atoms with E-state index >= 15 is 0 Å². The molecule has 1 saturated heterocycles. The summed E-state index contributed by atoms with van der Waals surface area (Å²) in [4.78, 5) is 18.1. The van der Waals surface area contributed by atoms with Gasteiger partial charge < -0.3 is 5.32 Å². The van der Waals surface area contributed by atoms with Crippen molar-refractivity contribution in [1.29, 1.82) is 0 Å². The zero-order chi connectivity index (χ0) is 11.5. The molecular weight excluding hydrogens is 224 g/mol. The van der Waals surface area contributed by atoms with Crippen LogP contribution in [0.3, 0.4) is 0 Å². The molecule has 1 unspecified atom stereocenters. The third-order valence-electron chi connectivity index (χ3n) is 2.64. The van der Waals surface area contributed by atoms with Crippen molar-refractivity contribution in [3.8, 4) is 0 Å². The fourth-order valence-corrected chi connectivity index (χ4v) is 2.60. The number of carbonyl (C=O) groups is 1. The van der Waals surface area contributed by atoms with Gasteiger partial charge in [0, 0.05) is 18.1 Å². The first-order chi connectivity index (χ1) is 7.72. The molecule has 1 aliphatic heterocycles. The van der Waals surface area contributed by atoms with E-state index in [0.717, 1.165) is 36.9 Å². The molecule has 1 aromatic heterocycles. The Hall–Kier alpha value is -1.01. The predicted molar refractivity (Wildman–Crippen MR) is 63.7 cm³/mol. The first-order valence-electron chi connectivity index (χ1n) is 5.57. The average molecular weight is 240 g/mol. The number of nitrogens with one attached hydrogen (secondary N) is 1. The van der Waals surface area contributed by atoms with Crippen LogP contribution in [0.15, 0.2) is 0 Å². The maximum Gasteiger partial charge on any atom is 0.245 e. The van der Waals surface area contributed by atoms with Gasteiger partial charge in [0.15, 0.2) is 0 Å². The summed E-state index contributed by atoms with van der Waals surface area (Å²) in [6.07, 6.45) is 1.93. The summed E-state index contributed by atoms with van der Waals surface area (Å²) in [6.45, 7) is 5.44. The van der Waals surface area contributed by atoms with E-state index in [4.69, 9.17) is 0 Å². The van der Waals surface area contributed by atoms with Crippen molar-refractivity contribution in [3.63, 3.8) is 0 Å². The van der Waals surface area contributed by atoms with Crippen molar-refractivity contribution in [3.05, 3.63) is 5.82 Å². The van der Waals surface area contributed by atoms with Crippen molar-refractivity contribution in [1.82, 2.24) is 14.7 Å². The molecule has 0 aliphatic carbocycles. The summed E-state index contributed by atoms with van der Waals surface area (Å²) in [7, 11) is 0. The van der Waals surface area contributed by atoms with Gasteiger partial charge in [0.25, 0.3) is 0 Å². The van der Waals surface area contributed by atoms with Gasteiger partial charge in [-0.25, -0.2) is 4.98 Å². The number of aryl methyl sites for hydroxylation is 1. The predicted octanol–water partition coefficient (Wildman–Crippen LogP) is 0.951. The number of rotatable bonds is 3. The lowest BCUT2D eigenvalue weighted by Gasteiger charge is -2.30. The van der Waals surface area contributed by atoms with Crippen molar-refractivity contribution in [2.24, 2.45) is 0 Å². The molecule has 1 fully saturated rings. The van der Waals surface area contributed by atoms with Gasteiger partial charge in [-0.2, -0.15) is 4.37 Å². The number of anilines is 1. The molecule has 1 aromatic rings. The molecule has 0 aromatic carbocycles. The van der Waals surface area contributed by atoms with E-state index in [1.54, 1.807) is 4.90 Å². The maximum atomic E-state index is 12.1. The lowest BCUT2D eigenvalue weighted by atomic mass is 10.1. The largest absolute Gasteiger partial charge is 0.306 e. The Bertz CT molecular complexity index is 377. The van der Waals surface area contributed by atoms with Crippen molar-refractivity contribution in [2.45, 2.75) is 32.7 Å². The molecule has 2 rings (SSSR count). The molecule has 1 amide bonds. The molecule has 5 nitrogen and oxygen atoms in total. The number of likely N-dealkylation sites (N-methyl/N-ethyl adjacent to an activating group) is 1. The highest BCUT2D eigenvalue weighted by molar-refractivity contribution is 7.09. The summed E-state index contributed by atoms with van der Waals surface area (Å²) < 4.78 is 4.11. The number of carbonyl (C=O) groups excluding carboxylic acids is 1. The Morgan fingerprint density at radius 3 is 3.06 bits per heavy atom. The van der Waals surface area contributed by atoms with Crippen LogP contribution in [-0.4, -0.2) is 34.4 Å². The number of piperidine rings is 1. The summed E-state index contributed by atoms with van der Waals surface area (Å²) in [6, 6.07) is -0.0528. The average Bonchev–Trinajstić information content (AvgIpc) is 2.68. The SMILES string of the molecule is CCNC1CCCN(c2nc(C)ns2)C1=O. The fourth-order valence-electron chi connectivity index (χ4n) is 1.90. The normalized spacial score (nSPS) is 21.5. The van der Waals surface area contributed by atoms with E-state index in [-0.39, 0.29) is 11.9 Å². The highest BCUT2D eigenvalue weighted by Crippen LogP contribution is 2.22. The van der Waals surface area contributed by atoms with E-state index in [1.165, 1.54) is 11.5 Å². The monoisotopic (exact) mass is 240 g/mol. The highest BCUT2D eigenvalue weighted by atomic mass is 32.1. The van der Waals surface area contributed by atoms with Crippen LogP contribution >= 0.6 is 11.5 Å². The molecule has 6 heteroatoms. The molecule has 2 heterocycles. The Morgan fingerprint density at radius 2 is 2.44 bits per heavy atom. The topological polar surface area (TPSA) is 58.1 Å². The number of hydrogen-bond donors (Lipinski definition) is 1. The second-order valence-electron chi connectivity index (χ2n) is 3.87. The van der Waals surface area contributed by atoms with Crippen LogP contribution < -0.4 is 10.2 Å². The van der Waals surface area contributed by atoms with E-state index < -0.39 is 0 Å². The molecule has 0 saturated carbocycles. The Morgan fingerprint density at radius 1 is 1.62 bits per heavy atom. The van der Waals surface area contributed by atoms with Gasteiger partial charge >= 0.3 is 0 Å². The number of nitrogens with zero attached hydrogens (tertiary/aromatic N) is 3. The van der Waals surface area contributed by atoms with Gasteiger partial charge in [-0.15, -0.1) is 0 Å². The van der Waals surface area contributed by atoms with Gasteiger partial charge in [0.2, 0.25) is 11.0 Å². The molecule has 0 radical (unpaired) electrons. The van der Waals surface area contributed by atoms with Crippen LogP contribution in [0.25, 0.3) is 0 Å². The number of amides is 1. The van der Waals surface area contributed by atoms with Gasteiger partial charge in [0.1, 0.15) is 5.82 Å². The standard InChI is InChI=1S/C10H16N4OS/c1-3-11-8-5-4-6-14(9(8)15)10-12-7(2)13-16-10/h8,11H,3-6H2,1-2H3. The smallest absolute Gasteiger partial charge is 0.245 e. The van der Waals surface area contributed by atoms with Gasteiger partial charge in [-0.05, 0) is 26.3 Å². The van der Waals surface area contributed by atoms with Gasteiger partial charge in [-0.1, -0.05) is 6.92 Å². The second-order valence-corrected chi connectivity index (χ2v) is 4.60. The third-order valence-corrected chi connectivity index (χ3v) is 3.47. The van der Waals surface area contributed by atoms with Crippen LogP contribution in [0.4, 0.5) is 5.13 Å². The summed E-state index contributed by atoms with van der Waals surface area (Å²) >= 11 is 1.30. The molecule has 0 spiro atoms. The Labute approximate surface area is 99.0 Å². The van der Waals surface area contributed by atoms with E-state index in [9.17, 15) is 4.79 Å². The summed E-state index contributed by atoms with van der Waals surface area (Å²) in [5.74, 6) is 0.864. The minimum atomic E-state index is -0.0528.